The second kappa shape index (κ2) is 8.44. The molecule has 150 valence electrons. The van der Waals surface area contributed by atoms with E-state index in [4.69, 9.17) is 15.7 Å². The Morgan fingerprint density at radius 1 is 0.926 bits per heavy atom. The van der Waals surface area contributed by atoms with Crippen molar-refractivity contribution in [1.29, 1.82) is 0 Å². The number of aryl methyl sites for hydroxylation is 1. The molecule has 0 radical (unpaired) electrons. The summed E-state index contributed by atoms with van der Waals surface area (Å²) in [6.45, 7) is 2.27. The Morgan fingerprint density at radius 3 is 2.44 bits per heavy atom. The minimum atomic E-state index is -0.436. The van der Waals surface area contributed by atoms with Crippen LogP contribution in [-0.2, 0) is 18.4 Å². The van der Waals surface area contributed by atoms with Crippen LogP contribution in [0.5, 0.6) is 0 Å². The molecule has 5 heteroatoms. The lowest BCUT2D eigenvalue weighted by molar-refractivity contribution is 0.215. The van der Waals surface area contributed by atoms with Gasteiger partial charge in [-0.25, -0.2) is 9.97 Å². The summed E-state index contributed by atoms with van der Waals surface area (Å²) < 4.78 is 0. The molecule has 3 aliphatic rings. The first kappa shape index (κ1) is 19.1. The minimum absolute atomic E-state index is 0.270. The molecule has 1 saturated heterocycles. The fourth-order valence-corrected chi connectivity index (χ4v) is 5.37. The van der Waals surface area contributed by atoms with Gasteiger partial charge in [0.25, 0.3) is 0 Å². The van der Waals surface area contributed by atoms with Crippen molar-refractivity contribution in [3.63, 3.8) is 0 Å². The Bertz CT molecular complexity index is 638. The highest BCUT2D eigenvalue weighted by Gasteiger charge is 2.41. The lowest BCUT2D eigenvalue weighted by atomic mass is 9.77. The van der Waals surface area contributed by atoms with E-state index < -0.39 is 5.54 Å². The predicted octanol–water partition coefficient (Wildman–Crippen LogP) is 3.44. The SMILES string of the molecule is CNC1CCCCC1(N)c1nc2c(c(N3CCCCCC3)n1)CCCCC2. The molecule has 2 atom stereocenters. The zero-order valence-corrected chi connectivity index (χ0v) is 17.1. The summed E-state index contributed by atoms with van der Waals surface area (Å²) in [6, 6.07) is 0.270. The topological polar surface area (TPSA) is 67.1 Å². The average molecular weight is 372 g/mol. The second-order valence-corrected chi connectivity index (χ2v) is 8.89. The normalized spacial score (nSPS) is 29.7. The number of rotatable bonds is 3. The Hall–Kier alpha value is -1.20. The van der Waals surface area contributed by atoms with Crippen molar-refractivity contribution in [3.8, 4) is 0 Å². The smallest absolute Gasteiger partial charge is 0.152 e. The summed E-state index contributed by atoms with van der Waals surface area (Å²) in [5, 5.41) is 3.48. The molecule has 5 nitrogen and oxygen atoms in total. The molecule has 1 aliphatic heterocycles. The molecule has 27 heavy (non-hydrogen) atoms. The highest BCUT2D eigenvalue weighted by atomic mass is 15.2. The number of nitrogens with two attached hydrogens (primary N) is 1. The van der Waals surface area contributed by atoms with Gasteiger partial charge in [-0.2, -0.15) is 0 Å². The average Bonchev–Trinajstić information content (AvgIpc) is 3.10. The van der Waals surface area contributed by atoms with Crippen LogP contribution in [0.25, 0.3) is 0 Å². The van der Waals surface area contributed by atoms with E-state index in [2.05, 4.69) is 10.2 Å². The van der Waals surface area contributed by atoms with Crippen molar-refractivity contribution in [1.82, 2.24) is 15.3 Å². The van der Waals surface area contributed by atoms with Gasteiger partial charge in [0.05, 0.1) is 5.54 Å². The molecule has 0 aromatic carbocycles. The largest absolute Gasteiger partial charge is 0.356 e. The van der Waals surface area contributed by atoms with Gasteiger partial charge >= 0.3 is 0 Å². The van der Waals surface area contributed by atoms with Crippen LogP contribution in [0.2, 0.25) is 0 Å². The van der Waals surface area contributed by atoms with Crippen molar-refractivity contribution in [2.75, 3.05) is 25.0 Å². The van der Waals surface area contributed by atoms with Crippen molar-refractivity contribution in [2.24, 2.45) is 5.73 Å². The maximum atomic E-state index is 7.03. The molecular weight excluding hydrogens is 334 g/mol. The number of nitrogens with one attached hydrogen (secondary N) is 1. The third-order valence-electron chi connectivity index (χ3n) is 7.04. The van der Waals surface area contributed by atoms with Crippen molar-refractivity contribution in [3.05, 3.63) is 17.1 Å². The van der Waals surface area contributed by atoms with Crippen molar-refractivity contribution >= 4 is 5.82 Å². The summed E-state index contributed by atoms with van der Waals surface area (Å²) in [5.74, 6) is 2.13. The van der Waals surface area contributed by atoms with E-state index in [1.807, 2.05) is 7.05 Å². The molecule has 1 aromatic rings. The standard InChI is InChI=1S/C22H37N5/c1-24-19-13-7-8-14-22(19,23)21-25-18-12-6-4-5-11-17(18)20(26-21)27-15-9-2-3-10-16-27/h19,24H,2-16,23H2,1H3. The first-order chi connectivity index (χ1) is 13.2. The molecule has 0 bridgehead atoms. The Kier molecular flexibility index (Phi) is 5.98. The summed E-state index contributed by atoms with van der Waals surface area (Å²) in [5.41, 5.74) is 9.32. The quantitative estimate of drug-likeness (QED) is 0.797. The molecule has 3 N–H and O–H groups in total. The second-order valence-electron chi connectivity index (χ2n) is 8.89. The molecule has 2 fully saturated rings. The fourth-order valence-electron chi connectivity index (χ4n) is 5.37. The summed E-state index contributed by atoms with van der Waals surface area (Å²) in [6.07, 6.45) is 15.8. The van der Waals surface area contributed by atoms with E-state index in [1.54, 1.807) is 0 Å². The van der Waals surface area contributed by atoms with Crippen LogP contribution >= 0.6 is 0 Å². The van der Waals surface area contributed by atoms with Gasteiger partial charge in [0, 0.05) is 30.4 Å². The summed E-state index contributed by atoms with van der Waals surface area (Å²) in [7, 11) is 2.04. The molecule has 2 unspecified atom stereocenters. The maximum Gasteiger partial charge on any atom is 0.152 e. The third kappa shape index (κ3) is 3.86. The van der Waals surface area contributed by atoms with Crippen LogP contribution in [0, 0.1) is 0 Å². The van der Waals surface area contributed by atoms with Crippen molar-refractivity contribution in [2.45, 2.75) is 95.1 Å². The fraction of sp³-hybridized carbons (Fsp3) is 0.818. The van der Waals surface area contributed by atoms with Gasteiger partial charge < -0.3 is 16.0 Å². The van der Waals surface area contributed by atoms with Crippen LogP contribution in [-0.4, -0.2) is 36.1 Å². The van der Waals surface area contributed by atoms with Gasteiger partial charge in [0.15, 0.2) is 5.82 Å². The zero-order valence-electron chi connectivity index (χ0n) is 17.1. The van der Waals surface area contributed by atoms with E-state index in [0.29, 0.717) is 0 Å². The molecule has 2 heterocycles. The van der Waals surface area contributed by atoms with Crippen LogP contribution in [0.1, 0.15) is 87.7 Å². The summed E-state index contributed by atoms with van der Waals surface area (Å²) >= 11 is 0. The summed E-state index contributed by atoms with van der Waals surface area (Å²) in [4.78, 5) is 12.9. The number of hydrogen-bond donors (Lipinski definition) is 2. The first-order valence-corrected chi connectivity index (χ1v) is 11.3. The lowest BCUT2D eigenvalue weighted by Gasteiger charge is -2.40. The van der Waals surface area contributed by atoms with E-state index in [9.17, 15) is 0 Å². The molecular formula is C22H37N5. The number of likely N-dealkylation sites (N-methyl/N-ethyl adjacent to an activating group) is 1. The molecule has 1 aromatic heterocycles. The molecule has 0 spiro atoms. The highest BCUT2D eigenvalue weighted by Crippen LogP contribution is 2.37. The van der Waals surface area contributed by atoms with E-state index in [0.717, 1.165) is 44.6 Å². The van der Waals surface area contributed by atoms with Crippen molar-refractivity contribution < 1.29 is 0 Å². The molecule has 0 amide bonds. The van der Waals surface area contributed by atoms with Gasteiger partial charge in [-0.15, -0.1) is 0 Å². The van der Waals surface area contributed by atoms with Crippen LogP contribution in [0.15, 0.2) is 0 Å². The number of hydrogen-bond acceptors (Lipinski definition) is 5. The van der Waals surface area contributed by atoms with Crippen LogP contribution in [0.4, 0.5) is 5.82 Å². The number of fused-ring (bicyclic) bond motifs is 1. The minimum Gasteiger partial charge on any atom is -0.356 e. The van der Waals surface area contributed by atoms with Gasteiger partial charge in [-0.05, 0) is 58.4 Å². The number of anilines is 1. The van der Waals surface area contributed by atoms with Gasteiger partial charge in [0.1, 0.15) is 5.82 Å². The van der Waals surface area contributed by atoms with E-state index >= 15 is 0 Å². The lowest BCUT2D eigenvalue weighted by Crippen LogP contribution is -2.56. The zero-order chi connectivity index (χ0) is 18.7. The van der Waals surface area contributed by atoms with Crippen LogP contribution in [0.3, 0.4) is 0 Å². The maximum absolute atomic E-state index is 7.03. The Morgan fingerprint density at radius 2 is 1.67 bits per heavy atom. The van der Waals surface area contributed by atoms with Gasteiger partial charge in [0.2, 0.25) is 0 Å². The molecule has 2 aliphatic carbocycles. The predicted molar refractivity (Wildman–Crippen MR) is 111 cm³/mol. The Labute approximate surface area is 164 Å². The van der Waals surface area contributed by atoms with E-state index in [1.165, 1.54) is 74.9 Å². The monoisotopic (exact) mass is 371 g/mol. The van der Waals surface area contributed by atoms with E-state index in [-0.39, 0.29) is 6.04 Å². The van der Waals surface area contributed by atoms with Gasteiger partial charge in [-0.1, -0.05) is 32.1 Å². The molecule has 4 rings (SSSR count). The number of nitrogens with zero attached hydrogens (tertiary/aromatic N) is 3. The van der Waals surface area contributed by atoms with Crippen LogP contribution < -0.4 is 16.0 Å². The third-order valence-corrected chi connectivity index (χ3v) is 7.04. The molecule has 1 saturated carbocycles. The Balaban J connectivity index is 1.78. The first-order valence-electron chi connectivity index (χ1n) is 11.3. The number of aromatic nitrogens is 2. The highest BCUT2D eigenvalue weighted by molar-refractivity contribution is 5.51. The van der Waals surface area contributed by atoms with Gasteiger partial charge in [-0.3, -0.25) is 0 Å².